The molecule has 0 aliphatic heterocycles. The Morgan fingerprint density at radius 2 is 1.93 bits per heavy atom. The second-order valence-corrected chi connectivity index (χ2v) is 7.15. The molecule has 0 radical (unpaired) electrons. The average Bonchev–Trinajstić information content (AvgIpc) is 2.92. The highest BCUT2D eigenvalue weighted by atomic mass is 16.4. The first kappa shape index (κ1) is 20.7. The van der Waals surface area contributed by atoms with Crippen LogP contribution in [0.2, 0.25) is 0 Å². The molecule has 1 aromatic carbocycles. The van der Waals surface area contributed by atoms with Crippen LogP contribution in [0.3, 0.4) is 0 Å². The summed E-state index contributed by atoms with van der Waals surface area (Å²) in [6, 6.07) is 8.27. The van der Waals surface area contributed by atoms with Gasteiger partial charge < -0.3 is 19.9 Å². The van der Waals surface area contributed by atoms with Crippen LogP contribution in [-0.2, 0) is 23.1 Å². The fraction of sp³-hybridized carbons (Fsp3) is 0.429. The molecule has 0 saturated heterocycles. The predicted molar refractivity (Wildman–Crippen MR) is 108 cm³/mol. The van der Waals surface area contributed by atoms with Gasteiger partial charge in [-0.05, 0) is 56.8 Å². The highest BCUT2D eigenvalue weighted by Gasteiger charge is 2.14. The molecule has 0 fully saturated rings. The van der Waals surface area contributed by atoms with Crippen LogP contribution in [0.1, 0.15) is 37.9 Å². The largest absolute Gasteiger partial charge is 0.481 e. The molecule has 1 amide bonds. The second-order valence-electron chi connectivity index (χ2n) is 7.15. The first-order valence-electron chi connectivity index (χ1n) is 9.17. The number of nitrogens with zero attached hydrogens (tertiary/aromatic N) is 2. The number of aliphatic carboxylic acids is 1. The zero-order chi connectivity index (χ0) is 20.1. The number of amides is 1. The van der Waals surface area contributed by atoms with Gasteiger partial charge in [0.25, 0.3) is 0 Å². The Bertz CT molecular complexity index is 878. The number of aryl methyl sites for hydroxylation is 1. The highest BCUT2D eigenvalue weighted by molar-refractivity contribution is 5.98. The van der Waals surface area contributed by atoms with Gasteiger partial charge in [-0.15, -0.1) is 0 Å². The van der Waals surface area contributed by atoms with Gasteiger partial charge in [-0.3, -0.25) is 9.59 Å². The van der Waals surface area contributed by atoms with Gasteiger partial charge in [0.2, 0.25) is 5.91 Å². The maximum absolute atomic E-state index is 12.0. The minimum absolute atomic E-state index is 0.509. The van der Waals surface area contributed by atoms with Crippen LogP contribution in [0.5, 0.6) is 0 Å². The van der Waals surface area contributed by atoms with Gasteiger partial charge in [-0.1, -0.05) is 13.0 Å². The monoisotopic (exact) mass is 371 g/mol. The molecule has 2 aromatic rings. The Kier molecular flexibility index (Phi) is 6.80. The summed E-state index contributed by atoms with van der Waals surface area (Å²) in [5.74, 6) is -1.64. The third kappa shape index (κ3) is 5.20. The molecule has 0 aliphatic rings. The summed E-state index contributed by atoms with van der Waals surface area (Å²) in [4.78, 5) is 25.0. The molecular weight excluding hydrogens is 342 g/mol. The summed E-state index contributed by atoms with van der Waals surface area (Å²) < 4.78 is 2.20. The highest BCUT2D eigenvalue weighted by Crippen LogP contribution is 2.25. The summed E-state index contributed by atoms with van der Waals surface area (Å²) in [5.41, 5.74) is 4.99. The molecule has 1 heterocycles. The molecule has 2 rings (SSSR count). The van der Waals surface area contributed by atoms with Gasteiger partial charge in [0.1, 0.15) is 6.42 Å². The first-order chi connectivity index (χ1) is 12.7. The van der Waals surface area contributed by atoms with E-state index in [-0.39, 0.29) is 0 Å². The zero-order valence-electron chi connectivity index (χ0n) is 16.8. The van der Waals surface area contributed by atoms with Gasteiger partial charge in [0, 0.05) is 42.3 Å². The third-order valence-electron chi connectivity index (χ3n) is 4.78. The number of hydrogen-bond acceptors (Lipinski definition) is 3. The molecule has 0 unspecified atom stereocenters. The van der Waals surface area contributed by atoms with Crippen LogP contribution in [-0.4, -0.2) is 47.1 Å². The van der Waals surface area contributed by atoms with E-state index in [1.807, 2.05) is 19.9 Å². The molecule has 2 N–H and O–H groups in total. The van der Waals surface area contributed by atoms with Crippen LogP contribution in [0, 0.1) is 0 Å². The van der Waals surface area contributed by atoms with Crippen molar-refractivity contribution in [2.24, 2.45) is 7.05 Å². The molecule has 1 aromatic heterocycles. The maximum Gasteiger partial charge on any atom is 0.312 e. The fourth-order valence-electron chi connectivity index (χ4n) is 3.06. The average molecular weight is 371 g/mol. The van der Waals surface area contributed by atoms with E-state index in [4.69, 9.17) is 5.11 Å². The van der Waals surface area contributed by atoms with Crippen LogP contribution in [0.15, 0.2) is 29.8 Å². The van der Waals surface area contributed by atoms with E-state index in [9.17, 15) is 9.59 Å². The van der Waals surface area contributed by atoms with Gasteiger partial charge in [-0.2, -0.15) is 0 Å². The number of fused-ring (bicyclic) bond motifs is 1. The van der Waals surface area contributed by atoms with Crippen molar-refractivity contribution in [1.82, 2.24) is 14.8 Å². The number of rotatable bonds is 8. The number of aromatic nitrogens is 1. The smallest absolute Gasteiger partial charge is 0.312 e. The molecule has 6 heteroatoms. The third-order valence-corrected chi connectivity index (χ3v) is 4.78. The van der Waals surface area contributed by atoms with Crippen molar-refractivity contribution in [3.63, 3.8) is 0 Å². The van der Waals surface area contributed by atoms with Crippen LogP contribution in [0.4, 0.5) is 0 Å². The number of carboxylic acid groups (broad SMARTS) is 1. The summed E-state index contributed by atoms with van der Waals surface area (Å²) >= 11 is 0. The summed E-state index contributed by atoms with van der Waals surface area (Å²) in [5, 5.41) is 12.7. The minimum atomic E-state index is -1.13. The van der Waals surface area contributed by atoms with Crippen molar-refractivity contribution in [2.45, 2.75) is 33.1 Å². The molecule has 146 valence electrons. The molecule has 6 nitrogen and oxygen atoms in total. The topological polar surface area (TPSA) is 74.6 Å². The standard InChI is InChI=1S/C21H29N3O3/c1-6-14(2)21(22-19(25)13-20(26)27)15-7-8-18-16(11-15)12-17(24(18)5)9-10-23(3)4/h7-8,11-12H,6,9-10,13H2,1-5H3,(H,22,25)(H,26,27). The van der Waals surface area contributed by atoms with Crippen molar-refractivity contribution in [3.05, 3.63) is 41.1 Å². The Morgan fingerprint density at radius 1 is 1.22 bits per heavy atom. The number of nitrogens with one attached hydrogen (secondary N) is 1. The molecule has 0 aliphatic carbocycles. The SMILES string of the molecule is CCC(C)=C(NC(=O)CC(=O)O)c1ccc2c(c1)cc(CCN(C)C)n2C. The van der Waals surface area contributed by atoms with Gasteiger partial charge in [0.15, 0.2) is 0 Å². The Hall–Kier alpha value is -2.60. The quantitative estimate of drug-likeness (QED) is 0.700. The molecule has 27 heavy (non-hydrogen) atoms. The van der Waals surface area contributed by atoms with E-state index >= 15 is 0 Å². The van der Waals surface area contributed by atoms with E-state index in [0.29, 0.717) is 5.70 Å². The number of benzene rings is 1. The van der Waals surface area contributed by atoms with Gasteiger partial charge >= 0.3 is 5.97 Å². The molecule has 0 atom stereocenters. The lowest BCUT2D eigenvalue weighted by atomic mass is 10.0. The lowest BCUT2D eigenvalue weighted by molar-refractivity contribution is -0.140. The zero-order valence-corrected chi connectivity index (χ0v) is 16.8. The molecule has 0 bridgehead atoms. The number of carbonyl (C=O) groups is 2. The van der Waals surface area contributed by atoms with Crippen molar-refractivity contribution in [2.75, 3.05) is 20.6 Å². The Morgan fingerprint density at radius 3 is 2.52 bits per heavy atom. The molecular formula is C21H29N3O3. The lowest BCUT2D eigenvalue weighted by Crippen LogP contribution is -2.25. The number of carboxylic acids is 1. The lowest BCUT2D eigenvalue weighted by Gasteiger charge is -2.14. The van der Waals surface area contributed by atoms with Crippen LogP contribution in [0.25, 0.3) is 16.6 Å². The van der Waals surface area contributed by atoms with Crippen LogP contribution >= 0.6 is 0 Å². The molecule has 0 saturated carbocycles. The van der Waals surface area contributed by atoms with Crippen molar-refractivity contribution in [3.8, 4) is 0 Å². The van der Waals surface area contributed by atoms with Gasteiger partial charge in [0.05, 0.1) is 0 Å². The molecule has 0 spiro atoms. The van der Waals surface area contributed by atoms with E-state index in [2.05, 4.69) is 54.1 Å². The minimum Gasteiger partial charge on any atom is -0.481 e. The number of likely N-dealkylation sites (N-methyl/N-ethyl adjacent to an activating group) is 1. The fourth-order valence-corrected chi connectivity index (χ4v) is 3.06. The summed E-state index contributed by atoms with van der Waals surface area (Å²) in [7, 11) is 6.19. The maximum atomic E-state index is 12.0. The van der Waals surface area contributed by atoms with Crippen molar-refractivity contribution in [1.29, 1.82) is 0 Å². The van der Waals surface area contributed by atoms with E-state index in [1.165, 1.54) is 5.69 Å². The second kappa shape index (κ2) is 8.86. The predicted octanol–water partition coefficient (Wildman–Crippen LogP) is 3.01. The van der Waals surface area contributed by atoms with E-state index in [1.54, 1.807) is 0 Å². The first-order valence-corrected chi connectivity index (χ1v) is 9.17. The van der Waals surface area contributed by atoms with Crippen LogP contribution < -0.4 is 5.32 Å². The summed E-state index contributed by atoms with van der Waals surface area (Å²) in [6.45, 7) is 4.94. The number of carbonyl (C=O) groups excluding carboxylic acids is 1. The van der Waals surface area contributed by atoms with Gasteiger partial charge in [-0.25, -0.2) is 0 Å². The number of allylic oxidation sites excluding steroid dienone is 1. The van der Waals surface area contributed by atoms with E-state index in [0.717, 1.165) is 41.4 Å². The summed E-state index contributed by atoms with van der Waals surface area (Å²) in [6.07, 6.45) is 1.19. The van der Waals surface area contributed by atoms with E-state index < -0.39 is 18.3 Å². The Balaban J connectivity index is 2.39. The number of hydrogen-bond donors (Lipinski definition) is 2. The Labute approximate surface area is 160 Å². The van der Waals surface area contributed by atoms with Crippen molar-refractivity contribution >= 4 is 28.5 Å². The normalized spacial score (nSPS) is 12.4. The van der Waals surface area contributed by atoms with Crippen molar-refractivity contribution < 1.29 is 14.7 Å².